The van der Waals surface area contributed by atoms with E-state index < -0.39 is 0 Å². The molecule has 0 heterocycles. The molecule has 6 heteroatoms. The SMILES string of the molecule is CCCCCCCCCCCCN(CCCCCCCCCCCC)CCCOC(=O)c1cccc(C(=O)OCCCN(CCCCCCCCCCCC)CCCCCCCCCCCC)c1. The van der Waals surface area contributed by atoms with Gasteiger partial charge in [0.25, 0.3) is 0 Å². The second kappa shape index (κ2) is 51.4. The lowest BCUT2D eigenvalue weighted by Gasteiger charge is -2.22. The molecule has 398 valence electrons. The van der Waals surface area contributed by atoms with Crippen LogP contribution in [-0.4, -0.2) is 74.2 Å². The number of carbonyl (C=O) groups is 2. The summed E-state index contributed by atoms with van der Waals surface area (Å²) in [7, 11) is 0. The van der Waals surface area contributed by atoms with Gasteiger partial charge in [0, 0.05) is 13.1 Å². The normalized spacial score (nSPS) is 11.6. The highest BCUT2D eigenvalue weighted by molar-refractivity contribution is 5.95. The average molecular weight is 954 g/mol. The fourth-order valence-corrected chi connectivity index (χ4v) is 9.81. The molecule has 1 rings (SSSR count). The van der Waals surface area contributed by atoms with Crippen molar-refractivity contribution in [1.82, 2.24) is 9.80 Å². The first-order chi connectivity index (χ1) is 33.5. The van der Waals surface area contributed by atoms with E-state index in [4.69, 9.17) is 9.47 Å². The molecule has 0 N–H and O–H groups in total. The van der Waals surface area contributed by atoms with Crippen LogP contribution in [0.3, 0.4) is 0 Å². The minimum atomic E-state index is -0.356. The van der Waals surface area contributed by atoms with Crippen molar-refractivity contribution >= 4 is 11.9 Å². The molecule has 0 saturated carbocycles. The van der Waals surface area contributed by atoms with Crippen LogP contribution >= 0.6 is 0 Å². The average Bonchev–Trinajstić information content (AvgIpc) is 3.35. The highest BCUT2D eigenvalue weighted by Gasteiger charge is 2.14. The smallest absolute Gasteiger partial charge is 0.338 e. The number of nitrogens with zero attached hydrogens (tertiary/aromatic N) is 2. The zero-order chi connectivity index (χ0) is 49.1. The van der Waals surface area contributed by atoms with Crippen LogP contribution in [0.1, 0.15) is 318 Å². The summed E-state index contributed by atoms with van der Waals surface area (Å²) in [5.74, 6) is -0.713. The van der Waals surface area contributed by atoms with Crippen LogP contribution in [0, 0.1) is 0 Å². The van der Waals surface area contributed by atoms with Crippen LogP contribution in [0.5, 0.6) is 0 Å². The van der Waals surface area contributed by atoms with Crippen LogP contribution in [-0.2, 0) is 9.47 Å². The van der Waals surface area contributed by atoms with Gasteiger partial charge in [-0.1, -0.05) is 265 Å². The Bertz CT molecular complexity index is 1070. The molecule has 0 amide bonds. The third-order valence-electron chi connectivity index (χ3n) is 14.3. The highest BCUT2D eigenvalue weighted by Crippen LogP contribution is 2.17. The molecular weight excluding hydrogens is 837 g/mol. The summed E-state index contributed by atoms with van der Waals surface area (Å²) in [6.07, 6.45) is 56.0. The van der Waals surface area contributed by atoms with E-state index in [9.17, 15) is 9.59 Å². The van der Waals surface area contributed by atoms with Gasteiger partial charge < -0.3 is 19.3 Å². The fraction of sp³-hybridized carbons (Fsp3) is 0.871. The molecule has 6 nitrogen and oxygen atoms in total. The second-order valence-electron chi connectivity index (χ2n) is 21.0. The summed E-state index contributed by atoms with van der Waals surface area (Å²) in [6, 6.07) is 6.92. The summed E-state index contributed by atoms with van der Waals surface area (Å²) in [4.78, 5) is 31.6. The Morgan fingerprint density at radius 2 is 0.515 bits per heavy atom. The molecule has 0 spiro atoms. The maximum absolute atomic E-state index is 13.2. The number of hydrogen-bond donors (Lipinski definition) is 0. The van der Waals surface area contributed by atoms with Gasteiger partial charge in [-0.3, -0.25) is 0 Å². The molecular formula is C62H116N2O4. The largest absolute Gasteiger partial charge is 0.462 e. The number of hydrogen-bond acceptors (Lipinski definition) is 6. The summed E-state index contributed by atoms with van der Waals surface area (Å²) in [5.41, 5.74) is 0.845. The number of unbranched alkanes of at least 4 members (excludes halogenated alkanes) is 36. The molecule has 1 aromatic carbocycles. The Labute approximate surface area is 424 Å². The fourth-order valence-electron chi connectivity index (χ4n) is 9.81. The summed E-state index contributed by atoms with van der Waals surface area (Å²) >= 11 is 0. The van der Waals surface area contributed by atoms with E-state index in [2.05, 4.69) is 37.5 Å². The zero-order valence-electron chi connectivity index (χ0n) is 46.2. The quantitative estimate of drug-likeness (QED) is 0.0479. The molecule has 0 atom stereocenters. The molecule has 0 aliphatic rings. The van der Waals surface area contributed by atoms with E-state index in [-0.39, 0.29) is 11.9 Å². The molecule has 0 bridgehead atoms. The van der Waals surface area contributed by atoms with E-state index in [1.807, 2.05) is 0 Å². The predicted octanol–water partition coefficient (Wildman–Crippen LogP) is 19.1. The molecule has 0 fully saturated rings. The van der Waals surface area contributed by atoms with Crippen LogP contribution in [0.2, 0.25) is 0 Å². The monoisotopic (exact) mass is 953 g/mol. The number of ether oxygens (including phenoxy) is 2. The molecule has 0 unspecified atom stereocenters. The number of benzene rings is 1. The standard InChI is InChI=1S/C62H116N2O4/c1-5-9-13-17-21-25-29-33-37-41-50-63(51-42-38-34-30-26-22-18-14-10-6-2)54-46-56-67-61(65)59-48-45-49-60(58-59)62(66)68-57-47-55-64(52-43-39-35-31-27-23-19-15-11-7-3)53-44-40-36-32-28-24-20-16-12-8-4/h45,48-49,58H,5-44,46-47,50-57H2,1-4H3. The first kappa shape index (κ1) is 64.1. The van der Waals surface area contributed by atoms with Crippen molar-refractivity contribution in [2.45, 2.75) is 297 Å². The van der Waals surface area contributed by atoms with Gasteiger partial charge in [0.2, 0.25) is 0 Å². The number of esters is 2. The summed E-state index contributed by atoms with van der Waals surface area (Å²) in [6.45, 7) is 16.5. The van der Waals surface area contributed by atoms with E-state index in [0.717, 1.165) is 52.1 Å². The molecule has 0 saturated heterocycles. The Hall–Kier alpha value is -1.92. The van der Waals surface area contributed by atoms with E-state index in [0.29, 0.717) is 24.3 Å². The van der Waals surface area contributed by atoms with Crippen molar-refractivity contribution in [1.29, 1.82) is 0 Å². The van der Waals surface area contributed by atoms with Crippen molar-refractivity contribution in [3.05, 3.63) is 35.4 Å². The molecule has 0 aliphatic carbocycles. The van der Waals surface area contributed by atoms with Crippen molar-refractivity contribution in [2.24, 2.45) is 0 Å². The van der Waals surface area contributed by atoms with E-state index in [1.165, 1.54) is 257 Å². The molecule has 1 aromatic rings. The third kappa shape index (κ3) is 41.8. The molecule has 0 radical (unpaired) electrons. The highest BCUT2D eigenvalue weighted by atomic mass is 16.5. The maximum Gasteiger partial charge on any atom is 0.338 e. The minimum absolute atomic E-state index is 0.356. The Balaban J connectivity index is 2.51. The van der Waals surface area contributed by atoms with Crippen LogP contribution < -0.4 is 0 Å². The number of rotatable bonds is 54. The number of carbonyl (C=O) groups excluding carboxylic acids is 2. The third-order valence-corrected chi connectivity index (χ3v) is 14.3. The van der Waals surface area contributed by atoms with Crippen molar-refractivity contribution < 1.29 is 19.1 Å². The van der Waals surface area contributed by atoms with Crippen molar-refractivity contribution in [3.8, 4) is 0 Å². The summed E-state index contributed by atoms with van der Waals surface area (Å²) < 4.78 is 11.6. The van der Waals surface area contributed by atoms with Gasteiger partial charge in [-0.15, -0.1) is 0 Å². The lowest BCUT2D eigenvalue weighted by Crippen LogP contribution is -2.28. The Morgan fingerprint density at radius 1 is 0.309 bits per heavy atom. The molecule has 68 heavy (non-hydrogen) atoms. The minimum Gasteiger partial charge on any atom is -0.462 e. The second-order valence-corrected chi connectivity index (χ2v) is 21.0. The van der Waals surface area contributed by atoms with Gasteiger partial charge in [0.1, 0.15) is 0 Å². The maximum atomic E-state index is 13.2. The Morgan fingerprint density at radius 3 is 0.750 bits per heavy atom. The van der Waals surface area contributed by atoms with Gasteiger partial charge in [-0.05, 0) is 82.9 Å². The van der Waals surface area contributed by atoms with Crippen molar-refractivity contribution in [2.75, 3.05) is 52.5 Å². The summed E-state index contributed by atoms with van der Waals surface area (Å²) in [5, 5.41) is 0. The predicted molar refractivity (Wildman–Crippen MR) is 296 cm³/mol. The van der Waals surface area contributed by atoms with Gasteiger partial charge in [0.15, 0.2) is 0 Å². The van der Waals surface area contributed by atoms with Gasteiger partial charge in [-0.25, -0.2) is 9.59 Å². The van der Waals surface area contributed by atoms with Crippen LogP contribution in [0.25, 0.3) is 0 Å². The van der Waals surface area contributed by atoms with Gasteiger partial charge in [-0.2, -0.15) is 0 Å². The Kier molecular flexibility index (Phi) is 48.5. The lowest BCUT2D eigenvalue weighted by atomic mass is 10.1. The lowest BCUT2D eigenvalue weighted by molar-refractivity contribution is 0.0486. The van der Waals surface area contributed by atoms with Gasteiger partial charge >= 0.3 is 11.9 Å². The van der Waals surface area contributed by atoms with Crippen LogP contribution in [0.15, 0.2) is 24.3 Å². The molecule has 0 aliphatic heterocycles. The zero-order valence-corrected chi connectivity index (χ0v) is 46.2. The topological polar surface area (TPSA) is 59.1 Å². The first-order valence-electron chi connectivity index (χ1n) is 30.4. The molecule has 0 aromatic heterocycles. The van der Waals surface area contributed by atoms with Gasteiger partial charge in [0.05, 0.1) is 24.3 Å². The van der Waals surface area contributed by atoms with E-state index >= 15 is 0 Å². The van der Waals surface area contributed by atoms with Crippen molar-refractivity contribution in [3.63, 3.8) is 0 Å². The van der Waals surface area contributed by atoms with E-state index in [1.54, 1.807) is 24.3 Å². The first-order valence-corrected chi connectivity index (χ1v) is 30.4. The van der Waals surface area contributed by atoms with Crippen LogP contribution in [0.4, 0.5) is 0 Å².